The minimum atomic E-state index is -0.258. The molecule has 27 heavy (non-hydrogen) atoms. The molecule has 0 saturated heterocycles. The second-order valence-corrected chi connectivity index (χ2v) is 8.40. The van der Waals surface area contributed by atoms with Crippen molar-refractivity contribution in [3.05, 3.63) is 40.5 Å². The number of anilines is 1. The zero-order chi connectivity index (χ0) is 19.1. The topological polar surface area (TPSA) is 85.8 Å². The normalized spacial score (nSPS) is 12.2. The van der Waals surface area contributed by atoms with Gasteiger partial charge in [-0.1, -0.05) is 42.8 Å². The van der Waals surface area contributed by atoms with Gasteiger partial charge in [0.25, 0.3) is 0 Å². The molecule has 0 bridgehead atoms. The summed E-state index contributed by atoms with van der Waals surface area (Å²) in [5, 5.41) is 17.5. The van der Waals surface area contributed by atoms with Crippen molar-refractivity contribution in [3.63, 3.8) is 0 Å². The number of nitrogens with one attached hydrogen (secondary N) is 1. The quantitative estimate of drug-likeness (QED) is 0.510. The van der Waals surface area contributed by atoms with Crippen molar-refractivity contribution in [2.75, 3.05) is 5.32 Å². The lowest BCUT2D eigenvalue weighted by Crippen LogP contribution is -2.26. The summed E-state index contributed by atoms with van der Waals surface area (Å²) in [4.78, 5) is 14.1. The van der Waals surface area contributed by atoms with Gasteiger partial charge < -0.3 is 14.4 Å². The number of hydrogen-bond acceptors (Lipinski definition) is 7. The predicted molar refractivity (Wildman–Crippen MR) is 107 cm³/mol. The lowest BCUT2D eigenvalue weighted by Gasteiger charge is -2.15. The highest BCUT2D eigenvalue weighted by molar-refractivity contribution is 8.00. The van der Waals surface area contributed by atoms with Crippen LogP contribution in [0.5, 0.6) is 0 Å². The zero-order valence-corrected chi connectivity index (χ0v) is 17.1. The maximum atomic E-state index is 12.7. The van der Waals surface area contributed by atoms with Crippen LogP contribution in [0.4, 0.5) is 5.82 Å². The average molecular weight is 406 g/mol. The zero-order valence-electron chi connectivity index (χ0n) is 15.4. The number of aryl methyl sites for hydroxylation is 3. The average Bonchev–Trinajstić information content (AvgIpc) is 3.39. The smallest absolute Gasteiger partial charge is 0.239 e. The van der Waals surface area contributed by atoms with Gasteiger partial charge in [0.1, 0.15) is 12.1 Å². The molecule has 0 spiro atoms. The van der Waals surface area contributed by atoms with Gasteiger partial charge in [0, 0.05) is 17.5 Å². The third-order valence-corrected chi connectivity index (χ3v) is 6.20. The summed E-state index contributed by atoms with van der Waals surface area (Å²) in [6.07, 6.45) is 5.41. The molecule has 0 radical (unpaired) electrons. The first-order valence-corrected chi connectivity index (χ1v) is 10.7. The highest BCUT2D eigenvalue weighted by Gasteiger charge is 2.23. The molecule has 1 unspecified atom stereocenters. The number of thioether (sulfide) groups is 1. The Kier molecular flexibility index (Phi) is 7.05. The Hall–Kier alpha value is -2.13. The largest absolute Gasteiger partial charge is 0.360 e. The van der Waals surface area contributed by atoms with E-state index in [0.717, 1.165) is 37.4 Å². The van der Waals surface area contributed by atoms with Crippen LogP contribution in [0.1, 0.15) is 36.8 Å². The first kappa shape index (κ1) is 19.6. The predicted octanol–water partition coefficient (Wildman–Crippen LogP) is 4.17. The van der Waals surface area contributed by atoms with Crippen LogP contribution in [0, 0.1) is 6.92 Å². The van der Waals surface area contributed by atoms with Crippen LogP contribution < -0.4 is 5.32 Å². The lowest BCUT2D eigenvalue weighted by atomic mass is 10.2. The maximum absolute atomic E-state index is 12.7. The van der Waals surface area contributed by atoms with Crippen LogP contribution in [0.25, 0.3) is 0 Å². The number of carbonyl (C=O) groups is 1. The number of carbonyl (C=O) groups excluding carboxylic acids is 1. The first-order valence-electron chi connectivity index (χ1n) is 8.96. The lowest BCUT2D eigenvalue weighted by molar-refractivity contribution is -0.115. The molecule has 0 saturated carbocycles. The molecule has 0 aliphatic heterocycles. The van der Waals surface area contributed by atoms with Gasteiger partial charge in [0.15, 0.2) is 11.0 Å². The Morgan fingerprint density at radius 3 is 3.07 bits per heavy atom. The van der Waals surface area contributed by atoms with Crippen molar-refractivity contribution >= 4 is 34.8 Å². The molecule has 7 nitrogen and oxygen atoms in total. The highest BCUT2D eigenvalue weighted by Crippen LogP contribution is 2.27. The second-order valence-electron chi connectivity index (χ2n) is 6.20. The first-order chi connectivity index (χ1) is 13.2. The number of amides is 1. The van der Waals surface area contributed by atoms with E-state index < -0.39 is 0 Å². The van der Waals surface area contributed by atoms with Gasteiger partial charge in [-0.05, 0) is 31.2 Å². The van der Waals surface area contributed by atoms with Crippen molar-refractivity contribution in [3.8, 4) is 0 Å². The number of nitrogens with zero attached hydrogens (tertiary/aromatic N) is 4. The van der Waals surface area contributed by atoms with Gasteiger partial charge >= 0.3 is 0 Å². The van der Waals surface area contributed by atoms with Gasteiger partial charge in [0.05, 0.1) is 5.25 Å². The maximum Gasteiger partial charge on any atom is 0.239 e. The van der Waals surface area contributed by atoms with Crippen molar-refractivity contribution < 1.29 is 9.32 Å². The summed E-state index contributed by atoms with van der Waals surface area (Å²) < 4.78 is 7.03. The Morgan fingerprint density at radius 1 is 1.48 bits per heavy atom. The Balaban J connectivity index is 1.65. The molecular formula is C18H23N5O2S2. The molecule has 1 atom stereocenters. The van der Waals surface area contributed by atoms with Crippen LogP contribution in [0.3, 0.4) is 0 Å². The van der Waals surface area contributed by atoms with Crippen LogP contribution in [0.15, 0.2) is 39.6 Å². The monoisotopic (exact) mass is 405 g/mol. The Labute approximate surface area is 166 Å². The minimum absolute atomic E-state index is 0.0884. The molecule has 3 heterocycles. The standard InChI is InChI=1S/C18H23N5O2S2/c1-3-4-7-15(17(24)20-16-11-13(2)25-22-16)27-18-21-19-12-23(18)9-8-14-6-5-10-26-14/h5-6,10-12,15H,3-4,7-9H2,1-2H3,(H,20,22,24). The van der Waals surface area contributed by atoms with Gasteiger partial charge in [-0.2, -0.15) is 0 Å². The molecule has 3 rings (SSSR count). The third kappa shape index (κ3) is 5.67. The van der Waals surface area contributed by atoms with Crippen LogP contribution >= 0.6 is 23.1 Å². The molecule has 1 N–H and O–H groups in total. The molecule has 0 aliphatic carbocycles. The number of thiophene rings is 1. The molecule has 144 valence electrons. The fourth-order valence-corrected chi connectivity index (χ4v) is 4.34. The molecule has 0 aliphatic rings. The van der Waals surface area contributed by atoms with Crippen molar-refractivity contribution in [1.82, 2.24) is 19.9 Å². The summed E-state index contributed by atoms with van der Waals surface area (Å²) in [5.41, 5.74) is 0. The Bertz CT molecular complexity index is 844. The van der Waals surface area contributed by atoms with E-state index in [-0.39, 0.29) is 11.2 Å². The molecule has 3 aromatic heterocycles. The summed E-state index contributed by atoms with van der Waals surface area (Å²) in [7, 11) is 0. The number of unbranched alkanes of at least 4 members (excludes halogenated alkanes) is 1. The molecule has 0 aromatic carbocycles. The SMILES string of the molecule is CCCCC(Sc1nncn1CCc1cccs1)C(=O)Nc1cc(C)on1. The van der Waals surface area contributed by atoms with Crippen LogP contribution in [-0.2, 0) is 17.8 Å². The van der Waals surface area contributed by atoms with E-state index in [1.807, 2.05) is 4.57 Å². The number of rotatable bonds is 10. The molecule has 0 fully saturated rings. The second kappa shape index (κ2) is 9.70. The number of aromatic nitrogens is 4. The molecule has 9 heteroatoms. The van der Waals surface area contributed by atoms with Gasteiger partial charge in [0.2, 0.25) is 5.91 Å². The van der Waals surface area contributed by atoms with E-state index >= 15 is 0 Å². The van der Waals surface area contributed by atoms with Gasteiger partial charge in [-0.15, -0.1) is 21.5 Å². The van der Waals surface area contributed by atoms with E-state index in [2.05, 4.69) is 45.1 Å². The van der Waals surface area contributed by atoms with E-state index in [1.54, 1.807) is 30.7 Å². The summed E-state index contributed by atoms with van der Waals surface area (Å²) in [6.45, 7) is 4.70. The van der Waals surface area contributed by atoms with Crippen LogP contribution in [0.2, 0.25) is 0 Å². The third-order valence-electron chi connectivity index (χ3n) is 4.00. The van der Waals surface area contributed by atoms with Gasteiger partial charge in [-0.25, -0.2) is 0 Å². The van der Waals surface area contributed by atoms with Gasteiger partial charge in [-0.3, -0.25) is 4.79 Å². The van der Waals surface area contributed by atoms with Crippen molar-refractivity contribution in [2.24, 2.45) is 0 Å². The fraction of sp³-hybridized carbons (Fsp3) is 0.444. The van der Waals surface area contributed by atoms with E-state index in [0.29, 0.717) is 11.6 Å². The van der Waals surface area contributed by atoms with E-state index in [9.17, 15) is 4.79 Å². The summed E-state index contributed by atoms with van der Waals surface area (Å²) >= 11 is 3.20. The molecular weight excluding hydrogens is 382 g/mol. The van der Waals surface area contributed by atoms with E-state index in [4.69, 9.17) is 4.52 Å². The minimum Gasteiger partial charge on any atom is -0.360 e. The van der Waals surface area contributed by atoms with E-state index in [1.165, 1.54) is 16.6 Å². The molecule has 3 aromatic rings. The van der Waals surface area contributed by atoms with Crippen molar-refractivity contribution in [2.45, 2.75) is 56.5 Å². The Morgan fingerprint density at radius 2 is 2.37 bits per heavy atom. The summed E-state index contributed by atoms with van der Waals surface area (Å²) in [6, 6.07) is 5.89. The van der Waals surface area contributed by atoms with Crippen molar-refractivity contribution in [1.29, 1.82) is 0 Å². The molecule has 1 amide bonds. The fourth-order valence-electron chi connectivity index (χ4n) is 2.57. The highest BCUT2D eigenvalue weighted by atomic mass is 32.2. The summed E-state index contributed by atoms with van der Waals surface area (Å²) in [5.74, 6) is 1.02. The van der Waals surface area contributed by atoms with Crippen LogP contribution in [-0.4, -0.2) is 31.1 Å². The number of hydrogen-bond donors (Lipinski definition) is 1.